The van der Waals surface area contributed by atoms with Crippen molar-refractivity contribution in [2.45, 2.75) is 14.4 Å². The minimum atomic E-state index is -0.476. The third-order valence-electron chi connectivity index (χ3n) is 0.974. The molecule has 0 aliphatic carbocycles. The van der Waals surface area contributed by atoms with E-state index in [0.29, 0.717) is 0 Å². The number of aromatic amines is 1. The monoisotopic (exact) mass is 169 g/mol. The van der Waals surface area contributed by atoms with Crippen LogP contribution in [0.1, 0.15) is 14.4 Å². The number of nitrogens with zero attached hydrogens (tertiary/aromatic N) is 1. The van der Waals surface area contributed by atoms with E-state index in [1.807, 2.05) is 0 Å². The predicted molar refractivity (Wildman–Crippen MR) is 45.9 cm³/mol. The highest BCUT2D eigenvalue weighted by molar-refractivity contribution is 5.87. The van der Waals surface area contributed by atoms with Gasteiger partial charge in [-0.15, -0.1) is 0 Å². The normalized spacial score (nSPS) is 8.42. The van der Waals surface area contributed by atoms with Crippen LogP contribution >= 0.6 is 0 Å². The third-order valence-corrected chi connectivity index (χ3v) is 0.974. The van der Waals surface area contributed by atoms with E-state index in [1.54, 1.807) is 0 Å². The molecule has 0 radical (unpaired) electrons. The van der Waals surface area contributed by atoms with E-state index in [9.17, 15) is 9.59 Å². The summed E-state index contributed by atoms with van der Waals surface area (Å²) in [6.07, 6.45) is 1.42. The van der Waals surface area contributed by atoms with Crippen LogP contribution in [0, 0.1) is 0 Å². The molecule has 0 saturated heterocycles. The lowest BCUT2D eigenvalue weighted by molar-refractivity contribution is -0.114. The summed E-state index contributed by atoms with van der Waals surface area (Å²) in [5, 5.41) is 2.38. The summed E-state index contributed by atoms with van der Waals surface area (Å²) in [4.78, 5) is 26.8. The predicted octanol–water partition coefficient (Wildman–Crippen LogP) is 0.364. The molecule has 5 heteroatoms. The minimum absolute atomic E-state index is 0. The molecule has 1 heterocycles. The molecule has 0 unspecified atom stereocenters. The average molecular weight is 169 g/mol. The molecular formula is C7H11N3O2. The summed E-state index contributed by atoms with van der Waals surface area (Å²) in [7, 11) is 0. The van der Waals surface area contributed by atoms with Crippen molar-refractivity contribution in [3.8, 4) is 0 Å². The Morgan fingerprint density at radius 1 is 1.67 bits per heavy atom. The van der Waals surface area contributed by atoms with E-state index in [2.05, 4.69) is 15.3 Å². The van der Waals surface area contributed by atoms with Gasteiger partial charge < -0.3 is 10.3 Å². The van der Waals surface area contributed by atoms with Gasteiger partial charge in [0.2, 0.25) is 5.91 Å². The number of anilines is 1. The molecular weight excluding hydrogens is 158 g/mol. The fourth-order valence-electron chi connectivity index (χ4n) is 0.621. The van der Waals surface area contributed by atoms with Gasteiger partial charge in [0.1, 0.15) is 5.82 Å². The summed E-state index contributed by atoms with van der Waals surface area (Å²) in [5.74, 6) is 0.0179. The van der Waals surface area contributed by atoms with Gasteiger partial charge in [-0.2, -0.15) is 4.98 Å². The second kappa shape index (κ2) is 4.27. The van der Waals surface area contributed by atoms with Gasteiger partial charge in [-0.3, -0.25) is 4.79 Å². The Bertz CT molecular complexity index is 318. The van der Waals surface area contributed by atoms with E-state index < -0.39 is 5.69 Å². The van der Waals surface area contributed by atoms with Crippen molar-refractivity contribution in [2.75, 3.05) is 5.32 Å². The van der Waals surface area contributed by atoms with Crippen molar-refractivity contribution >= 4 is 11.7 Å². The zero-order valence-electron chi connectivity index (χ0n) is 5.92. The Morgan fingerprint density at radius 3 is 2.83 bits per heavy atom. The van der Waals surface area contributed by atoms with Gasteiger partial charge in [0.15, 0.2) is 0 Å². The number of carbonyl (C=O) groups is 1. The van der Waals surface area contributed by atoms with Crippen LogP contribution in [0.25, 0.3) is 0 Å². The second-order valence-corrected chi connectivity index (χ2v) is 1.96. The molecule has 1 rings (SSSR count). The highest BCUT2D eigenvalue weighted by Crippen LogP contribution is 1.93. The molecule has 66 valence electrons. The largest absolute Gasteiger partial charge is 0.346 e. The van der Waals surface area contributed by atoms with Crippen LogP contribution in [-0.4, -0.2) is 15.9 Å². The number of hydrogen-bond acceptors (Lipinski definition) is 3. The van der Waals surface area contributed by atoms with Gasteiger partial charge in [-0.05, 0) is 6.07 Å². The maximum Gasteiger partial charge on any atom is 0.346 e. The molecule has 0 aromatic carbocycles. The quantitative estimate of drug-likeness (QED) is 0.637. The number of carbonyl (C=O) groups excluding carboxylic acids is 1. The first-order valence-electron chi connectivity index (χ1n) is 3.02. The van der Waals surface area contributed by atoms with E-state index in [1.165, 1.54) is 19.2 Å². The number of amides is 1. The lowest BCUT2D eigenvalue weighted by Crippen LogP contribution is -2.14. The fraction of sp³-hybridized carbons (Fsp3) is 0.286. The van der Waals surface area contributed by atoms with E-state index >= 15 is 0 Å². The van der Waals surface area contributed by atoms with Crippen LogP contribution in [0.4, 0.5) is 5.82 Å². The summed E-state index contributed by atoms with van der Waals surface area (Å²) >= 11 is 0. The molecule has 1 amide bonds. The Kier molecular flexibility index (Phi) is 3.69. The molecule has 0 aliphatic rings. The van der Waals surface area contributed by atoms with Crippen molar-refractivity contribution in [1.82, 2.24) is 9.97 Å². The number of nitrogens with one attached hydrogen (secondary N) is 2. The molecule has 1 aromatic heterocycles. The fourth-order valence-corrected chi connectivity index (χ4v) is 0.621. The number of H-pyrrole nitrogens is 1. The number of hydrogen-bond donors (Lipinski definition) is 2. The smallest absolute Gasteiger partial charge is 0.313 e. The maximum absolute atomic E-state index is 10.6. The van der Waals surface area contributed by atoms with Crippen LogP contribution in [0.3, 0.4) is 0 Å². The molecule has 0 saturated carbocycles. The topological polar surface area (TPSA) is 74.8 Å². The summed E-state index contributed by atoms with van der Waals surface area (Å²) < 4.78 is 0. The highest BCUT2D eigenvalue weighted by atomic mass is 16.2. The molecule has 1 aromatic rings. The molecule has 0 aliphatic heterocycles. The Labute approximate surface area is 69.8 Å². The van der Waals surface area contributed by atoms with Crippen LogP contribution in [-0.2, 0) is 4.79 Å². The standard InChI is InChI=1S/C6H7N3O2.CH4/c1-4(10)8-5-2-3-7-6(11)9-5;/h2-3H,1H3,(H2,7,8,9,10,11);1H4. The van der Waals surface area contributed by atoms with Crippen LogP contribution in [0.2, 0.25) is 0 Å². The first-order valence-corrected chi connectivity index (χ1v) is 3.02. The molecule has 12 heavy (non-hydrogen) atoms. The average Bonchev–Trinajstić information content (AvgIpc) is 1.85. The van der Waals surface area contributed by atoms with Gasteiger partial charge in [-0.25, -0.2) is 4.79 Å². The molecule has 5 nitrogen and oxygen atoms in total. The molecule has 0 atom stereocenters. The van der Waals surface area contributed by atoms with Crippen molar-refractivity contribution in [3.05, 3.63) is 22.7 Å². The van der Waals surface area contributed by atoms with Crippen LogP contribution in [0.5, 0.6) is 0 Å². The van der Waals surface area contributed by atoms with Gasteiger partial charge in [0, 0.05) is 13.1 Å². The SMILES string of the molecule is C.CC(=O)Nc1cc[nH]c(=O)n1. The Hall–Kier alpha value is -1.65. The van der Waals surface area contributed by atoms with Crippen molar-refractivity contribution in [2.24, 2.45) is 0 Å². The van der Waals surface area contributed by atoms with E-state index in [-0.39, 0.29) is 19.2 Å². The van der Waals surface area contributed by atoms with Gasteiger partial charge in [-0.1, -0.05) is 7.43 Å². The van der Waals surface area contributed by atoms with Gasteiger partial charge >= 0.3 is 5.69 Å². The Morgan fingerprint density at radius 2 is 2.33 bits per heavy atom. The first-order chi connectivity index (χ1) is 5.18. The minimum Gasteiger partial charge on any atom is -0.313 e. The first kappa shape index (κ1) is 10.3. The third kappa shape index (κ3) is 2.96. The summed E-state index contributed by atoms with van der Waals surface area (Å²) in [6.45, 7) is 1.35. The zero-order valence-corrected chi connectivity index (χ0v) is 5.92. The van der Waals surface area contributed by atoms with E-state index in [4.69, 9.17) is 0 Å². The lowest BCUT2D eigenvalue weighted by atomic mass is 10.5. The van der Waals surface area contributed by atoms with Crippen LogP contribution < -0.4 is 11.0 Å². The second-order valence-electron chi connectivity index (χ2n) is 1.96. The number of rotatable bonds is 1. The lowest BCUT2D eigenvalue weighted by Gasteiger charge is -1.96. The van der Waals surface area contributed by atoms with Crippen molar-refractivity contribution in [3.63, 3.8) is 0 Å². The van der Waals surface area contributed by atoms with Gasteiger partial charge in [0.25, 0.3) is 0 Å². The van der Waals surface area contributed by atoms with E-state index in [0.717, 1.165) is 0 Å². The molecule has 2 N–H and O–H groups in total. The van der Waals surface area contributed by atoms with Crippen LogP contribution in [0.15, 0.2) is 17.1 Å². The van der Waals surface area contributed by atoms with Gasteiger partial charge in [0.05, 0.1) is 0 Å². The molecule has 0 spiro atoms. The molecule has 0 fully saturated rings. The highest BCUT2D eigenvalue weighted by Gasteiger charge is 1.94. The number of aromatic nitrogens is 2. The maximum atomic E-state index is 10.6. The summed E-state index contributed by atoms with van der Waals surface area (Å²) in [6, 6.07) is 1.50. The van der Waals surface area contributed by atoms with Crippen molar-refractivity contribution < 1.29 is 4.79 Å². The van der Waals surface area contributed by atoms with Crippen molar-refractivity contribution in [1.29, 1.82) is 0 Å². The summed E-state index contributed by atoms with van der Waals surface area (Å²) in [5.41, 5.74) is -0.476. The Balaban J connectivity index is 0.00000121. The molecule has 0 bridgehead atoms. The zero-order chi connectivity index (χ0) is 8.27.